The minimum Gasteiger partial charge on any atom is -0.497 e. The van der Waals surface area contributed by atoms with Crippen LogP contribution in [0, 0.1) is 0 Å². The van der Waals surface area contributed by atoms with Crippen LogP contribution in [0.15, 0.2) is 78.9 Å². The number of likely N-dealkylation sites (N-methyl/N-ethyl adjacent to an activating group) is 1. The molecule has 0 bridgehead atoms. The fourth-order valence-corrected chi connectivity index (χ4v) is 4.31. The topological polar surface area (TPSA) is 96.0 Å². The van der Waals surface area contributed by atoms with E-state index in [1.165, 1.54) is 11.9 Å². The number of hydrogen-bond donors (Lipinski definition) is 1. The number of sulfonamides is 1. The van der Waals surface area contributed by atoms with Gasteiger partial charge in [-0.25, -0.2) is 8.42 Å². The van der Waals surface area contributed by atoms with Crippen LogP contribution in [0.2, 0.25) is 5.02 Å². The van der Waals surface area contributed by atoms with Crippen LogP contribution in [0.5, 0.6) is 5.75 Å². The molecule has 0 aliphatic rings. The number of benzene rings is 3. The third kappa shape index (κ3) is 8.31. The lowest BCUT2D eigenvalue weighted by atomic mass is 10.0. The summed E-state index contributed by atoms with van der Waals surface area (Å²) in [5.41, 5.74) is 2.38. The van der Waals surface area contributed by atoms with Crippen molar-refractivity contribution in [3.05, 3.63) is 101 Å². The number of rotatable bonds is 12. The molecule has 1 N–H and O–H groups in total. The van der Waals surface area contributed by atoms with Crippen molar-refractivity contribution in [2.75, 3.05) is 33.5 Å². The maximum Gasteiger partial charge on any atom is 0.247 e. The van der Waals surface area contributed by atoms with Crippen molar-refractivity contribution in [2.45, 2.75) is 19.0 Å². The Morgan fingerprint density at radius 2 is 1.55 bits per heavy atom. The molecule has 3 rings (SSSR count). The number of halogens is 1. The van der Waals surface area contributed by atoms with Gasteiger partial charge in [0.1, 0.15) is 11.8 Å². The largest absolute Gasteiger partial charge is 0.497 e. The summed E-state index contributed by atoms with van der Waals surface area (Å²) in [6.45, 7) is 0.0225. The zero-order valence-electron chi connectivity index (χ0n) is 21.6. The molecule has 38 heavy (non-hydrogen) atoms. The predicted octanol–water partition coefficient (Wildman–Crippen LogP) is 3.67. The zero-order valence-corrected chi connectivity index (χ0v) is 23.2. The summed E-state index contributed by atoms with van der Waals surface area (Å²) in [5, 5.41) is 3.50. The van der Waals surface area contributed by atoms with Crippen LogP contribution in [-0.2, 0) is 32.6 Å². The molecule has 3 aromatic rings. The van der Waals surface area contributed by atoms with Crippen LogP contribution in [-0.4, -0.2) is 62.9 Å². The second-order valence-electron chi connectivity index (χ2n) is 8.87. The van der Waals surface area contributed by atoms with E-state index in [2.05, 4.69) is 5.32 Å². The highest BCUT2D eigenvalue weighted by Gasteiger charge is 2.32. The fraction of sp³-hybridized carbons (Fsp3) is 0.286. The van der Waals surface area contributed by atoms with E-state index in [0.29, 0.717) is 23.6 Å². The SMILES string of the molecule is COc1ccc(CCNC(=O)C(c2ccccc2)N(Cc2ccc(Cl)cc2)C(=O)CN(C)S(C)(=O)=O)cc1. The van der Waals surface area contributed by atoms with Crippen LogP contribution >= 0.6 is 11.6 Å². The highest BCUT2D eigenvalue weighted by atomic mass is 35.5. The minimum absolute atomic E-state index is 0.0824. The van der Waals surface area contributed by atoms with Crippen molar-refractivity contribution < 1.29 is 22.7 Å². The molecule has 0 fully saturated rings. The van der Waals surface area contributed by atoms with Gasteiger partial charge in [0.2, 0.25) is 21.8 Å². The molecule has 0 aliphatic heterocycles. The Balaban J connectivity index is 1.89. The third-order valence-corrected chi connectivity index (χ3v) is 7.57. The van der Waals surface area contributed by atoms with Gasteiger partial charge in [0.25, 0.3) is 0 Å². The molecule has 0 saturated carbocycles. The van der Waals surface area contributed by atoms with Gasteiger partial charge < -0.3 is 15.0 Å². The second-order valence-corrected chi connectivity index (χ2v) is 11.4. The lowest BCUT2D eigenvalue weighted by Crippen LogP contribution is -2.47. The number of nitrogens with zero attached hydrogens (tertiary/aromatic N) is 2. The fourth-order valence-electron chi connectivity index (χ4n) is 3.84. The maximum absolute atomic E-state index is 13.6. The summed E-state index contributed by atoms with van der Waals surface area (Å²) in [4.78, 5) is 28.6. The molecular weight excluding hydrogens is 526 g/mol. The lowest BCUT2D eigenvalue weighted by Gasteiger charge is -2.32. The van der Waals surface area contributed by atoms with E-state index < -0.39 is 28.5 Å². The van der Waals surface area contributed by atoms with E-state index in [0.717, 1.165) is 27.4 Å². The lowest BCUT2D eigenvalue weighted by molar-refractivity contribution is -0.141. The maximum atomic E-state index is 13.6. The van der Waals surface area contributed by atoms with E-state index in [4.69, 9.17) is 16.3 Å². The van der Waals surface area contributed by atoms with Crippen molar-refractivity contribution in [2.24, 2.45) is 0 Å². The van der Waals surface area contributed by atoms with Gasteiger partial charge in [-0.15, -0.1) is 0 Å². The van der Waals surface area contributed by atoms with Gasteiger partial charge in [0.05, 0.1) is 19.9 Å². The van der Waals surface area contributed by atoms with E-state index >= 15 is 0 Å². The van der Waals surface area contributed by atoms with Gasteiger partial charge in [0, 0.05) is 25.2 Å². The van der Waals surface area contributed by atoms with E-state index in [-0.39, 0.29) is 12.5 Å². The molecular formula is C28H32ClN3O5S. The Labute approximate surface area is 229 Å². The molecule has 10 heteroatoms. The predicted molar refractivity (Wildman–Crippen MR) is 148 cm³/mol. The number of amides is 2. The number of hydrogen-bond acceptors (Lipinski definition) is 5. The number of carbonyl (C=O) groups excluding carboxylic acids is 2. The Bertz CT molecular complexity index is 1320. The Morgan fingerprint density at radius 3 is 2.13 bits per heavy atom. The van der Waals surface area contributed by atoms with Crippen molar-refractivity contribution in [1.82, 2.24) is 14.5 Å². The second kappa shape index (κ2) is 13.4. The molecule has 0 saturated heterocycles. The summed E-state index contributed by atoms with van der Waals surface area (Å²) in [6, 6.07) is 22.5. The number of carbonyl (C=O) groups is 2. The van der Waals surface area contributed by atoms with Crippen LogP contribution in [0.25, 0.3) is 0 Å². The Kier molecular flexibility index (Phi) is 10.3. The Hall–Kier alpha value is -3.40. The first-order valence-corrected chi connectivity index (χ1v) is 14.2. The highest BCUT2D eigenvalue weighted by molar-refractivity contribution is 7.88. The Morgan fingerprint density at radius 1 is 0.947 bits per heavy atom. The highest BCUT2D eigenvalue weighted by Crippen LogP contribution is 2.25. The summed E-state index contributed by atoms with van der Waals surface area (Å²) in [6.07, 6.45) is 1.61. The molecule has 202 valence electrons. The van der Waals surface area contributed by atoms with E-state index in [9.17, 15) is 18.0 Å². The quantitative estimate of drug-likeness (QED) is 0.366. The standard InChI is InChI=1S/C28H32ClN3O5S/c1-31(38(3,35)36)20-26(33)32(19-22-9-13-24(29)14-10-22)27(23-7-5-4-6-8-23)28(34)30-18-17-21-11-15-25(37-2)16-12-21/h4-16,27H,17-20H2,1-3H3,(H,30,34). The van der Waals surface area contributed by atoms with Crippen LogP contribution in [0.3, 0.4) is 0 Å². The van der Waals surface area contributed by atoms with Gasteiger partial charge in [-0.3, -0.25) is 9.59 Å². The van der Waals surface area contributed by atoms with Crippen LogP contribution in [0.4, 0.5) is 0 Å². The number of methoxy groups -OCH3 is 1. The first-order chi connectivity index (χ1) is 18.1. The molecule has 1 unspecified atom stereocenters. The molecule has 3 aromatic carbocycles. The summed E-state index contributed by atoms with van der Waals surface area (Å²) in [7, 11) is -0.677. The summed E-state index contributed by atoms with van der Waals surface area (Å²) < 4.78 is 30.2. The third-order valence-electron chi connectivity index (χ3n) is 6.06. The molecule has 0 radical (unpaired) electrons. The summed E-state index contributed by atoms with van der Waals surface area (Å²) >= 11 is 6.04. The monoisotopic (exact) mass is 557 g/mol. The molecule has 0 aromatic heterocycles. The van der Waals surface area contributed by atoms with Crippen molar-refractivity contribution in [3.8, 4) is 5.75 Å². The van der Waals surface area contributed by atoms with E-state index in [1.54, 1.807) is 55.6 Å². The van der Waals surface area contributed by atoms with Gasteiger partial charge >= 0.3 is 0 Å². The van der Waals surface area contributed by atoms with Gasteiger partial charge in [-0.2, -0.15) is 4.31 Å². The summed E-state index contributed by atoms with van der Waals surface area (Å²) in [5.74, 6) is -0.126. The first-order valence-electron chi connectivity index (χ1n) is 12.0. The molecule has 0 spiro atoms. The van der Waals surface area contributed by atoms with Gasteiger partial charge in [-0.05, 0) is 47.4 Å². The molecule has 0 heterocycles. The van der Waals surface area contributed by atoms with E-state index in [1.807, 2.05) is 30.3 Å². The molecule has 8 nitrogen and oxygen atoms in total. The number of ether oxygens (including phenoxy) is 1. The van der Waals surface area contributed by atoms with Crippen molar-refractivity contribution in [3.63, 3.8) is 0 Å². The first kappa shape index (κ1) is 29.2. The average molecular weight is 558 g/mol. The van der Waals surface area contributed by atoms with Gasteiger partial charge in [0.15, 0.2) is 0 Å². The number of nitrogens with one attached hydrogen (secondary N) is 1. The smallest absolute Gasteiger partial charge is 0.247 e. The van der Waals surface area contributed by atoms with Crippen molar-refractivity contribution >= 4 is 33.4 Å². The molecule has 2 amide bonds. The molecule has 1 atom stereocenters. The minimum atomic E-state index is -3.61. The normalized spacial score (nSPS) is 12.1. The van der Waals surface area contributed by atoms with Crippen LogP contribution < -0.4 is 10.1 Å². The average Bonchev–Trinajstić information content (AvgIpc) is 2.90. The van der Waals surface area contributed by atoms with Crippen LogP contribution in [0.1, 0.15) is 22.7 Å². The molecule has 0 aliphatic carbocycles. The van der Waals surface area contributed by atoms with Gasteiger partial charge in [-0.1, -0.05) is 66.2 Å². The van der Waals surface area contributed by atoms with Crippen molar-refractivity contribution in [1.29, 1.82) is 0 Å². The zero-order chi connectivity index (χ0) is 27.7.